The van der Waals surface area contributed by atoms with E-state index in [4.69, 9.17) is 0 Å². The molecule has 1 aliphatic rings. The number of thioether (sulfide) groups is 1. The predicted octanol–water partition coefficient (Wildman–Crippen LogP) is 2.29. The monoisotopic (exact) mass is 316 g/mol. The Bertz CT molecular complexity index is 604. The number of hydrogen-bond donors (Lipinski definition) is 0. The molecule has 6 heteroatoms. The number of likely N-dealkylation sites (tertiary alicyclic amines) is 1. The third-order valence-corrected chi connectivity index (χ3v) is 5.21. The van der Waals surface area contributed by atoms with Crippen molar-refractivity contribution in [2.24, 2.45) is 0 Å². The van der Waals surface area contributed by atoms with Gasteiger partial charge in [0.25, 0.3) is 5.91 Å². The molecule has 116 valence electrons. The largest absolute Gasteiger partial charge is 0.339 e. The zero-order valence-electron chi connectivity index (χ0n) is 12.7. The molecule has 1 aromatic carbocycles. The Hall–Kier alpha value is -1.82. The molecule has 22 heavy (non-hydrogen) atoms. The van der Waals surface area contributed by atoms with E-state index in [2.05, 4.69) is 16.3 Å². The SMILES string of the molecule is CSC1CCN(C(=O)c2ccc(Cn3cncn3)cc2)CC1. The van der Waals surface area contributed by atoms with Gasteiger partial charge in [-0.2, -0.15) is 16.9 Å². The summed E-state index contributed by atoms with van der Waals surface area (Å²) >= 11 is 1.91. The molecule has 0 spiro atoms. The normalized spacial score (nSPS) is 16.0. The molecule has 0 saturated carbocycles. The van der Waals surface area contributed by atoms with Crippen LogP contribution >= 0.6 is 11.8 Å². The fourth-order valence-corrected chi connectivity index (χ4v) is 3.41. The lowest BCUT2D eigenvalue weighted by atomic mass is 10.1. The number of benzene rings is 1. The van der Waals surface area contributed by atoms with Gasteiger partial charge < -0.3 is 4.90 Å². The summed E-state index contributed by atoms with van der Waals surface area (Å²) in [5.41, 5.74) is 1.88. The highest BCUT2D eigenvalue weighted by Crippen LogP contribution is 2.22. The lowest BCUT2D eigenvalue weighted by molar-refractivity contribution is 0.0727. The van der Waals surface area contributed by atoms with Crippen LogP contribution in [0.25, 0.3) is 0 Å². The molecule has 0 bridgehead atoms. The summed E-state index contributed by atoms with van der Waals surface area (Å²) in [6.07, 6.45) is 7.55. The van der Waals surface area contributed by atoms with Crippen LogP contribution in [0.1, 0.15) is 28.8 Å². The summed E-state index contributed by atoms with van der Waals surface area (Å²) in [7, 11) is 0. The first kappa shape index (κ1) is 15.1. The van der Waals surface area contributed by atoms with Crippen LogP contribution < -0.4 is 0 Å². The van der Waals surface area contributed by atoms with E-state index >= 15 is 0 Å². The molecule has 0 N–H and O–H groups in total. The van der Waals surface area contributed by atoms with Crippen molar-refractivity contribution in [2.45, 2.75) is 24.6 Å². The highest BCUT2D eigenvalue weighted by atomic mass is 32.2. The Morgan fingerprint density at radius 3 is 2.59 bits per heavy atom. The number of amides is 1. The van der Waals surface area contributed by atoms with Crippen LogP contribution in [-0.4, -0.2) is 50.2 Å². The third-order valence-electron chi connectivity index (χ3n) is 4.07. The van der Waals surface area contributed by atoms with Crippen molar-refractivity contribution in [3.63, 3.8) is 0 Å². The predicted molar refractivity (Wildman–Crippen MR) is 88.0 cm³/mol. The Balaban J connectivity index is 1.61. The van der Waals surface area contributed by atoms with Gasteiger partial charge in [-0.1, -0.05) is 12.1 Å². The molecule has 2 aromatic rings. The molecule has 1 aliphatic heterocycles. The van der Waals surface area contributed by atoms with E-state index in [0.29, 0.717) is 11.8 Å². The van der Waals surface area contributed by atoms with E-state index in [1.165, 1.54) is 6.33 Å². The molecular weight excluding hydrogens is 296 g/mol. The molecule has 0 atom stereocenters. The van der Waals surface area contributed by atoms with Gasteiger partial charge in [-0.15, -0.1) is 0 Å². The molecule has 1 fully saturated rings. The maximum atomic E-state index is 12.5. The number of nitrogens with zero attached hydrogens (tertiary/aromatic N) is 4. The maximum absolute atomic E-state index is 12.5. The van der Waals surface area contributed by atoms with Crippen LogP contribution in [0.3, 0.4) is 0 Å². The second kappa shape index (κ2) is 6.96. The van der Waals surface area contributed by atoms with E-state index in [9.17, 15) is 4.79 Å². The fraction of sp³-hybridized carbons (Fsp3) is 0.438. The number of aromatic nitrogens is 3. The first-order valence-electron chi connectivity index (χ1n) is 7.49. The standard InChI is InChI=1S/C16H20N4OS/c1-22-15-6-8-19(9-7-15)16(21)14-4-2-13(3-5-14)10-20-12-17-11-18-20/h2-5,11-12,15H,6-10H2,1H3. The number of rotatable bonds is 4. The average molecular weight is 316 g/mol. The molecule has 0 unspecified atom stereocenters. The Kier molecular flexibility index (Phi) is 4.77. The van der Waals surface area contributed by atoms with Crippen molar-refractivity contribution in [1.82, 2.24) is 19.7 Å². The van der Waals surface area contributed by atoms with Crippen LogP contribution in [-0.2, 0) is 6.54 Å². The summed E-state index contributed by atoms with van der Waals surface area (Å²) in [4.78, 5) is 18.4. The Morgan fingerprint density at radius 2 is 2.00 bits per heavy atom. The summed E-state index contributed by atoms with van der Waals surface area (Å²) in [6.45, 7) is 2.41. The van der Waals surface area contributed by atoms with Crippen molar-refractivity contribution in [2.75, 3.05) is 19.3 Å². The average Bonchev–Trinajstić information content (AvgIpc) is 3.08. The Morgan fingerprint density at radius 1 is 1.27 bits per heavy atom. The van der Waals surface area contributed by atoms with E-state index in [1.807, 2.05) is 40.9 Å². The zero-order valence-corrected chi connectivity index (χ0v) is 13.5. The van der Waals surface area contributed by atoms with E-state index < -0.39 is 0 Å². The van der Waals surface area contributed by atoms with Crippen molar-refractivity contribution in [3.8, 4) is 0 Å². The molecular formula is C16H20N4OS. The first-order valence-corrected chi connectivity index (χ1v) is 8.78. The molecule has 5 nitrogen and oxygen atoms in total. The van der Waals surface area contributed by atoms with Gasteiger partial charge in [-0.3, -0.25) is 4.79 Å². The molecule has 1 saturated heterocycles. The van der Waals surface area contributed by atoms with Crippen molar-refractivity contribution in [1.29, 1.82) is 0 Å². The minimum Gasteiger partial charge on any atom is -0.339 e. The molecule has 0 radical (unpaired) electrons. The van der Waals surface area contributed by atoms with E-state index in [1.54, 1.807) is 11.0 Å². The molecule has 2 heterocycles. The van der Waals surface area contributed by atoms with Gasteiger partial charge in [0.1, 0.15) is 12.7 Å². The lowest BCUT2D eigenvalue weighted by Gasteiger charge is -2.31. The van der Waals surface area contributed by atoms with E-state index in [0.717, 1.165) is 37.1 Å². The summed E-state index contributed by atoms with van der Waals surface area (Å²) in [5, 5.41) is 4.79. The third kappa shape index (κ3) is 3.50. The van der Waals surface area contributed by atoms with E-state index in [-0.39, 0.29) is 5.91 Å². The minimum atomic E-state index is 0.145. The van der Waals surface area contributed by atoms with Crippen LogP contribution in [0, 0.1) is 0 Å². The molecule has 1 aromatic heterocycles. The lowest BCUT2D eigenvalue weighted by Crippen LogP contribution is -2.39. The topological polar surface area (TPSA) is 51.0 Å². The van der Waals surface area contributed by atoms with Crippen LogP contribution in [0.4, 0.5) is 0 Å². The summed E-state index contributed by atoms with van der Waals surface area (Å²) in [6, 6.07) is 7.80. The van der Waals surface area contributed by atoms with Crippen LogP contribution in [0.5, 0.6) is 0 Å². The maximum Gasteiger partial charge on any atom is 0.253 e. The smallest absolute Gasteiger partial charge is 0.253 e. The number of carbonyl (C=O) groups is 1. The number of carbonyl (C=O) groups excluding carboxylic acids is 1. The van der Waals surface area contributed by atoms with Gasteiger partial charge in [0.2, 0.25) is 0 Å². The number of piperidine rings is 1. The first-order chi connectivity index (χ1) is 10.8. The highest BCUT2D eigenvalue weighted by molar-refractivity contribution is 7.99. The van der Waals surface area contributed by atoms with Gasteiger partial charge in [0, 0.05) is 23.9 Å². The highest BCUT2D eigenvalue weighted by Gasteiger charge is 2.22. The van der Waals surface area contributed by atoms with Crippen molar-refractivity contribution >= 4 is 17.7 Å². The molecule has 1 amide bonds. The number of hydrogen-bond acceptors (Lipinski definition) is 4. The second-order valence-electron chi connectivity index (χ2n) is 5.52. The van der Waals surface area contributed by atoms with Gasteiger partial charge in [0.15, 0.2) is 0 Å². The fourth-order valence-electron chi connectivity index (χ4n) is 2.73. The summed E-state index contributed by atoms with van der Waals surface area (Å²) in [5.74, 6) is 0.145. The van der Waals surface area contributed by atoms with Crippen molar-refractivity contribution in [3.05, 3.63) is 48.0 Å². The zero-order chi connectivity index (χ0) is 15.4. The van der Waals surface area contributed by atoms with Gasteiger partial charge in [0.05, 0.1) is 6.54 Å². The summed E-state index contributed by atoms with van der Waals surface area (Å²) < 4.78 is 1.77. The van der Waals surface area contributed by atoms with Gasteiger partial charge in [-0.25, -0.2) is 9.67 Å². The van der Waals surface area contributed by atoms with Crippen LogP contribution in [0.15, 0.2) is 36.9 Å². The van der Waals surface area contributed by atoms with Crippen LogP contribution in [0.2, 0.25) is 0 Å². The van der Waals surface area contributed by atoms with Gasteiger partial charge in [-0.05, 0) is 36.8 Å². The molecule has 0 aliphatic carbocycles. The second-order valence-corrected chi connectivity index (χ2v) is 6.66. The quantitative estimate of drug-likeness (QED) is 0.868. The van der Waals surface area contributed by atoms with Gasteiger partial charge >= 0.3 is 0 Å². The molecule has 3 rings (SSSR count). The Labute approximate surface area is 134 Å². The minimum absolute atomic E-state index is 0.145. The van der Waals surface area contributed by atoms with Crippen molar-refractivity contribution < 1.29 is 4.79 Å².